The van der Waals surface area contributed by atoms with Gasteiger partial charge in [-0.05, 0) is 232 Å². The molecule has 0 saturated carbocycles. The second-order valence-electron chi connectivity index (χ2n) is 38.4. The first-order valence-corrected chi connectivity index (χ1v) is 47.3. The number of carbonyl (C=O) groups is 10. The molecule has 0 radical (unpaired) electrons. The number of amides is 10. The Morgan fingerprint density at radius 2 is 0.667 bits per heavy atom. The molecule has 10 N–H and O–H groups in total. The Kier molecular flexibility index (Phi) is 33.5. The highest BCUT2D eigenvalue weighted by atomic mass is 16.5. The van der Waals surface area contributed by atoms with Gasteiger partial charge in [-0.25, -0.2) is 0 Å². The lowest BCUT2D eigenvalue weighted by atomic mass is 9.88. The van der Waals surface area contributed by atoms with E-state index in [0.717, 1.165) is 82.7 Å². The van der Waals surface area contributed by atoms with Crippen molar-refractivity contribution in [1.82, 2.24) is 53.2 Å². The molecule has 1 aliphatic rings. The summed E-state index contributed by atoms with van der Waals surface area (Å²) in [5.74, 6) is -3.46. The molecule has 12 aromatic rings. The van der Waals surface area contributed by atoms with Gasteiger partial charge in [-0.2, -0.15) is 0 Å². The lowest BCUT2D eigenvalue weighted by Gasteiger charge is -2.28. The van der Waals surface area contributed by atoms with Crippen LogP contribution in [0.15, 0.2) is 182 Å². The Morgan fingerprint density at radius 3 is 1.04 bits per heavy atom. The molecule has 12 aromatic carbocycles. The number of carbonyl (C=O) groups excluding carboxylic acids is 10. The minimum Gasteiger partial charge on any atom is -0.496 e. The second kappa shape index (κ2) is 45.4. The van der Waals surface area contributed by atoms with Crippen molar-refractivity contribution in [2.75, 3.05) is 60.2 Å². The minimum absolute atomic E-state index is 0.0103. The number of hydrogen-bond acceptors (Lipinski definition) is 17. The standard InChI is InChI=1S/C110H130N10O15/c1-65(2)55-88(105(127)117-90(62-134-109(7,8)9)107(129)115-67(5)103(125)119-92(121)37-21-23-69-39-41-75-45-43-71-25-15-27-73-47-49-85(69)98(75)96(71)73)111-51-53-113-94(123)61-87-77-29-17-30-78(87)58-80-32-19-34-82(101(80)132-14)60-84-36-20-35-83(59-81-33-18-31-79(57-77)100(81)131-13)102(84)133-64-95(124)114-54-52-112-89(56-66(3)4)106(128)118-91(63-135-110(10,11)12)108(130)116-68(6)104(126)120-93(122)38-22-24-70-40-42-76-46-44-72-26-16-28-74-48-50-86(70)99(76)97(72)74/h15-20,25-36,39-50,65-68,88-91,111-112H,21-24,37-38,51-64H2,1-14H3,(H,113,123)(H,114,124)(H,115,129)(H,116,130)(H,117,127)(H,118,128)(H,119,121,125)(H,120,122,126)/t67-,68-,88-,89-,90+,91+/m1/s1. The third-order valence-corrected chi connectivity index (χ3v) is 24.8. The van der Waals surface area contributed by atoms with E-state index in [9.17, 15) is 47.9 Å². The second-order valence-corrected chi connectivity index (χ2v) is 38.4. The summed E-state index contributed by atoms with van der Waals surface area (Å²) in [6, 6.07) is 55.6. The number of nitrogens with one attached hydrogen (secondary N) is 10. The molecular weight excluding hydrogens is 1700 g/mol. The zero-order chi connectivity index (χ0) is 96.4. The average Bonchev–Trinajstić information content (AvgIpc) is 0.747. The quantitative estimate of drug-likeness (QED) is 0.0126. The number of hydrogen-bond donors (Lipinski definition) is 10. The van der Waals surface area contributed by atoms with Gasteiger partial charge in [0, 0.05) is 64.7 Å². The van der Waals surface area contributed by atoms with E-state index < -0.39 is 101 Å². The number of rotatable bonds is 41. The first-order valence-electron chi connectivity index (χ1n) is 47.3. The smallest absolute Gasteiger partial charge is 0.257 e. The predicted molar refractivity (Wildman–Crippen MR) is 531 cm³/mol. The Morgan fingerprint density at radius 1 is 0.341 bits per heavy atom. The highest BCUT2D eigenvalue weighted by molar-refractivity contribution is 6.25. The zero-order valence-electron chi connectivity index (χ0n) is 80.2. The van der Waals surface area contributed by atoms with Gasteiger partial charge >= 0.3 is 0 Å². The largest absolute Gasteiger partial charge is 0.496 e. The van der Waals surface area contributed by atoms with Crippen molar-refractivity contribution in [3.05, 3.63) is 243 Å². The van der Waals surface area contributed by atoms with Crippen molar-refractivity contribution in [3.63, 3.8) is 0 Å². The van der Waals surface area contributed by atoms with Crippen LogP contribution in [0.5, 0.6) is 17.2 Å². The van der Waals surface area contributed by atoms with E-state index in [0.29, 0.717) is 81.5 Å². The third kappa shape index (κ3) is 26.2. The van der Waals surface area contributed by atoms with Gasteiger partial charge in [0.25, 0.3) is 5.91 Å². The summed E-state index contributed by atoms with van der Waals surface area (Å²) in [7, 11) is 3.27. The molecule has 0 spiro atoms. The molecular formula is C110H130N10O15. The topological polar surface area (TPSA) is 337 Å². The van der Waals surface area contributed by atoms with E-state index in [1.807, 2.05) is 142 Å². The number of aryl methyl sites for hydroxylation is 2. The Balaban J connectivity index is 0.603. The van der Waals surface area contributed by atoms with Gasteiger partial charge < -0.3 is 66.2 Å². The summed E-state index contributed by atoms with van der Waals surface area (Å²) in [6.45, 7) is 21.6. The van der Waals surface area contributed by atoms with Crippen molar-refractivity contribution in [3.8, 4) is 17.2 Å². The molecule has 710 valence electrons. The first-order chi connectivity index (χ1) is 64.7. The van der Waals surface area contributed by atoms with Crippen LogP contribution in [0, 0.1) is 11.8 Å². The molecule has 0 unspecified atom stereocenters. The SMILES string of the molecule is COc1c2cccc1Cc1cccc(c1OCC(=O)NCCN[C@H](CC(C)C)C(=O)N[C@@H](COC(C)(C)C)C(=O)N[C@H](C)C(=O)NC(=O)CCCc1ccc3ccc4cccc5ccc1c3c45)Cc1cccc(c1OC)Cc1cccc(c1CC(=O)NCCN[C@H](CC(C)C)C(=O)N[C@@H](COC(C)(C)C)C(=O)N[C@H](C)C(=O)NC(=O)CCCc1ccc3ccc4cccc5ccc1c3c45)C2. The molecule has 25 nitrogen and oxygen atoms in total. The molecule has 135 heavy (non-hydrogen) atoms. The van der Waals surface area contributed by atoms with E-state index in [4.69, 9.17) is 23.7 Å². The monoisotopic (exact) mass is 1830 g/mol. The fourth-order valence-corrected chi connectivity index (χ4v) is 18.2. The molecule has 0 heterocycles. The fourth-order valence-electron chi connectivity index (χ4n) is 18.2. The van der Waals surface area contributed by atoms with Crippen LogP contribution in [0.3, 0.4) is 0 Å². The molecule has 25 heteroatoms. The predicted octanol–water partition coefficient (Wildman–Crippen LogP) is 14.3. The third-order valence-electron chi connectivity index (χ3n) is 24.8. The lowest BCUT2D eigenvalue weighted by molar-refractivity contribution is -0.137. The summed E-state index contributed by atoms with van der Waals surface area (Å²) < 4.78 is 31.4. The maximum Gasteiger partial charge on any atom is 0.257 e. The van der Waals surface area contributed by atoms with Crippen molar-refractivity contribution in [1.29, 1.82) is 0 Å². The summed E-state index contributed by atoms with van der Waals surface area (Å²) in [6.07, 6.45) is 4.59. The number of fused-ring (bicyclic) bond motifs is 8. The highest BCUT2D eigenvalue weighted by Crippen LogP contribution is 2.41. The van der Waals surface area contributed by atoms with Crippen LogP contribution in [0.2, 0.25) is 0 Å². The normalized spacial score (nSPS) is 13.7. The molecule has 6 atom stereocenters. The van der Waals surface area contributed by atoms with E-state index in [1.54, 1.807) is 14.2 Å². The van der Waals surface area contributed by atoms with Crippen LogP contribution in [-0.4, -0.2) is 167 Å². The van der Waals surface area contributed by atoms with Gasteiger partial charge in [0.1, 0.15) is 41.4 Å². The zero-order valence-corrected chi connectivity index (χ0v) is 80.2. The van der Waals surface area contributed by atoms with Crippen LogP contribution in [-0.2, 0) is 102 Å². The Bertz CT molecular complexity index is 6160. The summed E-state index contributed by atoms with van der Waals surface area (Å²) in [4.78, 5) is 139. The van der Waals surface area contributed by atoms with Crippen LogP contribution >= 0.6 is 0 Å². The number of benzene rings is 12. The van der Waals surface area contributed by atoms with Crippen molar-refractivity contribution in [2.45, 2.75) is 214 Å². The van der Waals surface area contributed by atoms with Gasteiger partial charge in [-0.3, -0.25) is 58.6 Å². The number of ether oxygens (including phenoxy) is 5. The summed E-state index contributed by atoms with van der Waals surface area (Å²) >= 11 is 0. The summed E-state index contributed by atoms with van der Waals surface area (Å²) in [5, 5.41) is 42.8. The maximum atomic E-state index is 14.6. The molecule has 0 aliphatic heterocycles. The van der Waals surface area contributed by atoms with E-state index >= 15 is 0 Å². The maximum absolute atomic E-state index is 14.6. The Labute approximate surface area is 790 Å². The van der Waals surface area contributed by atoms with Gasteiger partial charge in [-0.15, -0.1) is 0 Å². The van der Waals surface area contributed by atoms with Crippen LogP contribution in [0.1, 0.15) is 183 Å². The molecule has 10 amide bonds. The van der Waals surface area contributed by atoms with Crippen LogP contribution < -0.4 is 67.4 Å². The lowest BCUT2D eigenvalue weighted by Crippen LogP contribution is -2.58. The van der Waals surface area contributed by atoms with Crippen molar-refractivity contribution < 1.29 is 71.6 Å². The fraction of sp³-hybridized carbons (Fsp3) is 0.400. The Hall–Kier alpha value is -12.9. The highest BCUT2D eigenvalue weighted by Gasteiger charge is 2.34. The molecule has 0 aromatic heterocycles. The number of para-hydroxylation sites is 3. The van der Waals surface area contributed by atoms with Gasteiger partial charge in [0.15, 0.2) is 6.61 Å². The number of imide groups is 2. The summed E-state index contributed by atoms with van der Waals surface area (Å²) in [5.41, 5.74) is 8.47. The van der Waals surface area contributed by atoms with E-state index in [-0.39, 0.29) is 83.0 Å². The van der Waals surface area contributed by atoms with Gasteiger partial charge in [-0.1, -0.05) is 210 Å². The van der Waals surface area contributed by atoms with Crippen molar-refractivity contribution >= 4 is 124 Å². The first kappa shape index (κ1) is 99.5. The molecule has 8 bridgehead atoms. The van der Waals surface area contributed by atoms with Gasteiger partial charge in [0.2, 0.25) is 53.2 Å². The van der Waals surface area contributed by atoms with E-state index in [1.165, 1.54) is 56.9 Å². The molecule has 0 saturated heterocycles. The van der Waals surface area contributed by atoms with Gasteiger partial charge in [0.05, 0.1) is 57.1 Å². The average molecular weight is 1830 g/mol. The van der Waals surface area contributed by atoms with Crippen molar-refractivity contribution in [2.24, 2.45) is 11.8 Å². The minimum atomic E-state index is -1.23. The molecule has 0 fully saturated rings. The number of methoxy groups -OCH3 is 2. The molecule has 13 rings (SSSR count). The van der Waals surface area contributed by atoms with E-state index in [2.05, 4.69) is 162 Å². The van der Waals surface area contributed by atoms with Crippen LogP contribution in [0.25, 0.3) is 64.6 Å². The molecule has 1 aliphatic carbocycles. The van der Waals surface area contributed by atoms with Crippen LogP contribution in [0.4, 0.5) is 0 Å².